The van der Waals surface area contributed by atoms with Crippen LogP contribution in [0.25, 0.3) is 0 Å². The van der Waals surface area contributed by atoms with Gasteiger partial charge >= 0.3 is 0 Å². The summed E-state index contributed by atoms with van der Waals surface area (Å²) in [4.78, 5) is 6.41. The zero-order chi connectivity index (χ0) is 12.5. The summed E-state index contributed by atoms with van der Waals surface area (Å²) in [6.45, 7) is 5.75. The fourth-order valence-corrected chi connectivity index (χ4v) is 2.43. The molecule has 2 heterocycles. The molecule has 0 atom stereocenters. The van der Waals surface area contributed by atoms with Crippen molar-refractivity contribution in [3.63, 3.8) is 0 Å². The van der Waals surface area contributed by atoms with Crippen molar-refractivity contribution in [1.29, 1.82) is 0 Å². The summed E-state index contributed by atoms with van der Waals surface area (Å²) in [5, 5.41) is 9.99. The quantitative estimate of drug-likeness (QED) is 0.818. The first-order chi connectivity index (χ1) is 7.97. The first kappa shape index (κ1) is 12.2. The highest BCUT2D eigenvalue weighted by Crippen LogP contribution is 2.29. The van der Waals surface area contributed by atoms with Gasteiger partial charge in [-0.15, -0.1) is 0 Å². The largest absolute Gasteiger partial charge is 0.390 e. The van der Waals surface area contributed by atoms with Gasteiger partial charge in [0.25, 0.3) is 0 Å². The minimum Gasteiger partial charge on any atom is -0.390 e. The molecule has 1 aromatic heterocycles. The fraction of sp³-hybridized carbons (Fsp3) is 0.615. The average molecular weight is 235 g/mol. The zero-order valence-electron chi connectivity index (χ0n) is 10.6. The van der Waals surface area contributed by atoms with E-state index in [2.05, 4.69) is 9.88 Å². The second kappa shape index (κ2) is 4.53. The summed E-state index contributed by atoms with van der Waals surface area (Å²) in [6, 6.07) is 3.84. The van der Waals surface area contributed by atoms with Crippen LogP contribution in [0.5, 0.6) is 0 Å². The lowest BCUT2D eigenvalue weighted by atomic mass is 9.83. The molecule has 1 aliphatic rings. The normalized spacial score (nSPS) is 18.4. The maximum atomic E-state index is 9.99. The van der Waals surface area contributed by atoms with E-state index in [1.54, 1.807) is 0 Å². The number of nitrogens with zero attached hydrogens (tertiary/aromatic N) is 2. The van der Waals surface area contributed by atoms with Crippen LogP contribution < -0.4 is 10.6 Å². The highest BCUT2D eigenvalue weighted by atomic mass is 16.3. The van der Waals surface area contributed by atoms with Crippen molar-refractivity contribution < 1.29 is 5.11 Å². The van der Waals surface area contributed by atoms with Crippen molar-refractivity contribution >= 4 is 11.5 Å². The van der Waals surface area contributed by atoms with Gasteiger partial charge in [-0.3, -0.25) is 0 Å². The zero-order valence-corrected chi connectivity index (χ0v) is 10.6. The molecular formula is C13H21N3O. The molecule has 0 bridgehead atoms. The second-order valence-electron chi connectivity index (χ2n) is 5.36. The van der Waals surface area contributed by atoms with Crippen molar-refractivity contribution in [2.75, 3.05) is 23.7 Å². The Bertz CT molecular complexity index is 361. The highest BCUT2D eigenvalue weighted by Gasteiger charge is 2.30. The number of anilines is 2. The third-order valence-electron chi connectivity index (χ3n) is 3.63. The molecule has 1 aromatic rings. The number of hydrogen-bond donors (Lipinski definition) is 2. The summed E-state index contributed by atoms with van der Waals surface area (Å²) >= 11 is 0. The number of rotatable bonds is 2. The van der Waals surface area contributed by atoms with Crippen LogP contribution in [0.1, 0.15) is 26.7 Å². The third kappa shape index (κ3) is 2.88. The molecule has 2 rings (SSSR count). The Balaban J connectivity index is 1.97. The molecule has 3 N–H and O–H groups in total. The Kier molecular flexibility index (Phi) is 3.24. The topological polar surface area (TPSA) is 62.4 Å². The lowest BCUT2D eigenvalue weighted by molar-refractivity contribution is 0.00651. The molecule has 0 radical (unpaired) electrons. The molecule has 1 saturated heterocycles. The predicted molar refractivity (Wildman–Crippen MR) is 69.9 cm³/mol. The van der Waals surface area contributed by atoms with Crippen LogP contribution in [0.2, 0.25) is 0 Å². The van der Waals surface area contributed by atoms with E-state index >= 15 is 0 Å². The molecule has 0 spiro atoms. The molecule has 4 heteroatoms. The van der Waals surface area contributed by atoms with E-state index in [1.807, 2.05) is 32.2 Å². The van der Waals surface area contributed by atoms with E-state index < -0.39 is 5.60 Å². The molecule has 17 heavy (non-hydrogen) atoms. The third-order valence-corrected chi connectivity index (χ3v) is 3.63. The Morgan fingerprint density at radius 3 is 2.47 bits per heavy atom. The van der Waals surface area contributed by atoms with Gasteiger partial charge in [0.2, 0.25) is 0 Å². The van der Waals surface area contributed by atoms with Gasteiger partial charge in [-0.05, 0) is 44.7 Å². The Morgan fingerprint density at radius 1 is 1.35 bits per heavy atom. The monoisotopic (exact) mass is 235 g/mol. The number of nitrogen functional groups attached to an aromatic ring is 1. The molecule has 1 aliphatic heterocycles. The standard InChI is InChI=1S/C13H21N3O/c1-13(2,17)10-5-7-16(8-6-10)11-3-4-12(14)15-9-11/h3-4,9-10,17H,5-8H2,1-2H3,(H2,14,15). The maximum Gasteiger partial charge on any atom is 0.123 e. The van der Waals surface area contributed by atoms with E-state index in [9.17, 15) is 5.11 Å². The molecule has 0 aliphatic carbocycles. The van der Waals surface area contributed by atoms with Crippen LogP contribution >= 0.6 is 0 Å². The Morgan fingerprint density at radius 2 is 2.00 bits per heavy atom. The lowest BCUT2D eigenvalue weighted by Gasteiger charge is -2.38. The van der Waals surface area contributed by atoms with Crippen molar-refractivity contribution in [3.8, 4) is 0 Å². The smallest absolute Gasteiger partial charge is 0.123 e. The van der Waals surface area contributed by atoms with Crippen LogP contribution in [0.15, 0.2) is 18.3 Å². The lowest BCUT2D eigenvalue weighted by Crippen LogP contribution is -2.41. The van der Waals surface area contributed by atoms with Crippen molar-refractivity contribution in [2.45, 2.75) is 32.3 Å². The fourth-order valence-electron chi connectivity index (χ4n) is 2.43. The van der Waals surface area contributed by atoms with Gasteiger partial charge in [-0.2, -0.15) is 0 Å². The summed E-state index contributed by atoms with van der Waals surface area (Å²) in [7, 11) is 0. The Hall–Kier alpha value is -1.29. The molecule has 94 valence electrons. The van der Waals surface area contributed by atoms with E-state index in [0.717, 1.165) is 31.6 Å². The average Bonchev–Trinajstić information content (AvgIpc) is 2.29. The summed E-state index contributed by atoms with van der Waals surface area (Å²) in [5.74, 6) is 0.945. The molecule has 0 saturated carbocycles. The number of nitrogens with two attached hydrogens (primary N) is 1. The number of pyridine rings is 1. The van der Waals surface area contributed by atoms with Crippen LogP contribution in [0.3, 0.4) is 0 Å². The minimum absolute atomic E-state index is 0.389. The first-order valence-corrected chi connectivity index (χ1v) is 6.15. The van der Waals surface area contributed by atoms with E-state index in [-0.39, 0.29) is 0 Å². The van der Waals surface area contributed by atoms with Crippen LogP contribution in [0, 0.1) is 5.92 Å². The predicted octanol–water partition coefficient (Wildman–Crippen LogP) is 1.65. The van der Waals surface area contributed by atoms with E-state index in [1.165, 1.54) is 0 Å². The number of aliphatic hydroxyl groups is 1. The van der Waals surface area contributed by atoms with Crippen LogP contribution in [-0.2, 0) is 0 Å². The van der Waals surface area contributed by atoms with Gasteiger partial charge in [0.05, 0.1) is 17.5 Å². The van der Waals surface area contributed by atoms with Gasteiger partial charge in [-0.1, -0.05) is 0 Å². The highest BCUT2D eigenvalue weighted by molar-refractivity contribution is 5.48. The maximum absolute atomic E-state index is 9.99. The number of piperidine rings is 1. The molecule has 4 nitrogen and oxygen atoms in total. The molecular weight excluding hydrogens is 214 g/mol. The van der Waals surface area contributed by atoms with Crippen molar-refractivity contribution in [2.24, 2.45) is 5.92 Å². The molecule has 0 unspecified atom stereocenters. The minimum atomic E-state index is -0.564. The van der Waals surface area contributed by atoms with Gasteiger partial charge < -0.3 is 15.7 Å². The van der Waals surface area contributed by atoms with E-state index in [4.69, 9.17) is 5.73 Å². The van der Waals surface area contributed by atoms with Crippen molar-refractivity contribution in [3.05, 3.63) is 18.3 Å². The molecule has 0 amide bonds. The number of hydrogen-bond acceptors (Lipinski definition) is 4. The number of aromatic nitrogens is 1. The SMILES string of the molecule is CC(C)(O)C1CCN(c2ccc(N)nc2)CC1. The second-order valence-corrected chi connectivity index (χ2v) is 5.36. The van der Waals surface area contributed by atoms with Gasteiger partial charge in [-0.25, -0.2) is 4.98 Å². The molecule has 0 aromatic carbocycles. The summed E-state index contributed by atoms with van der Waals surface area (Å²) in [5.41, 5.74) is 6.13. The van der Waals surface area contributed by atoms with Gasteiger partial charge in [0.1, 0.15) is 5.82 Å². The Labute approximate surface area is 102 Å². The van der Waals surface area contributed by atoms with Crippen LogP contribution in [0.4, 0.5) is 11.5 Å². The van der Waals surface area contributed by atoms with E-state index in [0.29, 0.717) is 11.7 Å². The summed E-state index contributed by atoms with van der Waals surface area (Å²) < 4.78 is 0. The first-order valence-electron chi connectivity index (χ1n) is 6.15. The molecule has 1 fully saturated rings. The van der Waals surface area contributed by atoms with Crippen LogP contribution in [-0.4, -0.2) is 28.8 Å². The summed E-state index contributed by atoms with van der Waals surface area (Å²) in [6.07, 6.45) is 3.86. The van der Waals surface area contributed by atoms with Crippen molar-refractivity contribution in [1.82, 2.24) is 4.98 Å². The van der Waals surface area contributed by atoms with Gasteiger partial charge in [0, 0.05) is 13.1 Å². The van der Waals surface area contributed by atoms with Gasteiger partial charge in [0.15, 0.2) is 0 Å².